The molecule has 0 atom stereocenters. The molecule has 2 N–H and O–H groups in total. The average molecular weight is 373 g/mol. The molecule has 148 valence electrons. The number of nitrogens with zero attached hydrogens (tertiary/aromatic N) is 2. The highest BCUT2D eigenvalue weighted by molar-refractivity contribution is 5.79. The van der Waals surface area contributed by atoms with Crippen LogP contribution in [-0.4, -0.2) is 43.8 Å². The average Bonchev–Trinajstić information content (AvgIpc) is 3.14. The number of aryl methyl sites for hydroxylation is 1. The molecule has 0 aliphatic rings. The van der Waals surface area contributed by atoms with Crippen LogP contribution >= 0.6 is 0 Å². The smallest absolute Gasteiger partial charge is 0.226 e. The number of aromatic nitrogens is 1. The lowest BCUT2D eigenvalue weighted by Crippen LogP contribution is -2.38. The predicted octanol–water partition coefficient (Wildman–Crippen LogP) is 3.56. The highest BCUT2D eigenvalue weighted by Crippen LogP contribution is 2.19. The third-order valence-corrected chi connectivity index (χ3v) is 4.04. The molecule has 0 spiro atoms. The molecule has 27 heavy (non-hydrogen) atoms. The first-order valence-corrected chi connectivity index (χ1v) is 9.84. The molecule has 0 unspecified atom stereocenters. The van der Waals surface area contributed by atoms with Crippen LogP contribution in [0.1, 0.15) is 37.9 Å². The quantitative estimate of drug-likeness (QED) is 0.358. The monoisotopic (exact) mass is 372 g/mol. The maximum Gasteiger partial charge on any atom is 0.226 e. The SMILES string of the molecule is CCNC(=NCCCCOCC)NCCc1coc(-c2ccc(C)cc2)n1. The Balaban J connectivity index is 1.76. The lowest BCUT2D eigenvalue weighted by atomic mass is 10.1. The van der Waals surface area contributed by atoms with Gasteiger partial charge in [-0.1, -0.05) is 17.7 Å². The molecule has 1 aromatic heterocycles. The summed E-state index contributed by atoms with van der Waals surface area (Å²) in [5, 5.41) is 6.62. The summed E-state index contributed by atoms with van der Waals surface area (Å²) in [4.78, 5) is 9.17. The van der Waals surface area contributed by atoms with Gasteiger partial charge in [0.25, 0.3) is 0 Å². The third-order valence-electron chi connectivity index (χ3n) is 4.04. The molecule has 0 amide bonds. The Morgan fingerprint density at radius 1 is 1.15 bits per heavy atom. The Kier molecular flexibility index (Phi) is 9.41. The molecule has 0 saturated heterocycles. The molecule has 0 bridgehead atoms. The number of ether oxygens (including phenoxy) is 1. The van der Waals surface area contributed by atoms with Gasteiger partial charge in [-0.3, -0.25) is 4.99 Å². The largest absolute Gasteiger partial charge is 0.444 e. The molecule has 0 radical (unpaired) electrons. The van der Waals surface area contributed by atoms with Gasteiger partial charge >= 0.3 is 0 Å². The van der Waals surface area contributed by atoms with Gasteiger partial charge in [0, 0.05) is 44.8 Å². The van der Waals surface area contributed by atoms with E-state index in [1.165, 1.54) is 5.56 Å². The number of oxazole rings is 1. The van der Waals surface area contributed by atoms with E-state index in [0.717, 1.165) is 69.3 Å². The van der Waals surface area contributed by atoms with Gasteiger partial charge in [-0.25, -0.2) is 4.98 Å². The molecule has 0 aliphatic carbocycles. The van der Waals surface area contributed by atoms with E-state index in [-0.39, 0.29) is 0 Å². The second-order valence-electron chi connectivity index (χ2n) is 6.35. The van der Waals surface area contributed by atoms with Crippen LogP contribution in [0.4, 0.5) is 0 Å². The highest BCUT2D eigenvalue weighted by Gasteiger charge is 2.07. The van der Waals surface area contributed by atoms with E-state index in [2.05, 4.69) is 46.6 Å². The maximum atomic E-state index is 5.61. The minimum atomic E-state index is 0.667. The summed E-state index contributed by atoms with van der Waals surface area (Å²) in [6.45, 7) is 10.1. The van der Waals surface area contributed by atoms with Gasteiger partial charge in [0.05, 0.1) is 5.69 Å². The summed E-state index contributed by atoms with van der Waals surface area (Å²) in [7, 11) is 0. The number of guanidine groups is 1. The van der Waals surface area contributed by atoms with Crippen LogP contribution in [0.5, 0.6) is 0 Å². The first-order chi connectivity index (χ1) is 13.2. The van der Waals surface area contributed by atoms with Crippen molar-refractivity contribution in [2.24, 2.45) is 4.99 Å². The minimum absolute atomic E-state index is 0.667. The van der Waals surface area contributed by atoms with Crippen LogP contribution in [0.25, 0.3) is 11.5 Å². The molecule has 1 aromatic carbocycles. The van der Waals surface area contributed by atoms with Gasteiger partial charge in [0.1, 0.15) is 6.26 Å². The van der Waals surface area contributed by atoms with Crippen molar-refractivity contribution in [3.8, 4) is 11.5 Å². The van der Waals surface area contributed by atoms with Gasteiger partial charge < -0.3 is 19.8 Å². The number of hydrogen-bond acceptors (Lipinski definition) is 4. The van der Waals surface area contributed by atoms with Gasteiger partial charge in [0.15, 0.2) is 5.96 Å². The summed E-state index contributed by atoms with van der Waals surface area (Å²) in [6.07, 6.45) is 4.58. The summed E-state index contributed by atoms with van der Waals surface area (Å²) in [5.74, 6) is 1.51. The lowest BCUT2D eigenvalue weighted by Gasteiger charge is -2.10. The van der Waals surface area contributed by atoms with Crippen LogP contribution < -0.4 is 10.6 Å². The number of rotatable bonds is 11. The van der Waals surface area contributed by atoms with Crippen molar-refractivity contribution in [1.29, 1.82) is 0 Å². The Hall–Kier alpha value is -2.34. The van der Waals surface area contributed by atoms with Crippen molar-refractivity contribution in [3.63, 3.8) is 0 Å². The molecule has 0 fully saturated rings. The zero-order valence-corrected chi connectivity index (χ0v) is 16.8. The van der Waals surface area contributed by atoms with E-state index in [1.807, 2.05) is 19.1 Å². The Morgan fingerprint density at radius 3 is 2.70 bits per heavy atom. The van der Waals surface area contributed by atoms with Crippen molar-refractivity contribution in [2.45, 2.75) is 40.0 Å². The second-order valence-corrected chi connectivity index (χ2v) is 6.35. The van der Waals surface area contributed by atoms with Crippen molar-refractivity contribution < 1.29 is 9.15 Å². The molecular formula is C21H32N4O2. The van der Waals surface area contributed by atoms with Crippen molar-refractivity contribution in [2.75, 3.05) is 32.8 Å². The standard InChI is InChI=1S/C21H32N4O2/c1-4-22-21(23-13-6-7-15-26-5-2)24-14-12-19-16-27-20(25-19)18-10-8-17(3)9-11-18/h8-11,16H,4-7,12-15H2,1-3H3,(H2,22,23,24). The number of benzene rings is 1. The molecule has 6 nitrogen and oxygen atoms in total. The van der Waals surface area contributed by atoms with Crippen molar-refractivity contribution in [1.82, 2.24) is 15.6 Å². The van der Waals surface area contributed by atoms with Gasteiger partial charge in [-0.2, -0.15) is 0 Å². The van der Waals surface area contributed by atoms with Crippen LogP contribution in [0.15, 0.2) is 39.9 Å². The van der Waals surface area contributed by atoms with Crippen molar-refractivity contribution >= 4 is 5.96 Å². The Morgan fingerprint density at radius 2 is 1.96 bits per heavy atom. The molecule has 6 heteroatoms. The third kappa shape index (κ3) is 7.83. The fourth-order valence-electron chi connectivity index (χ4n) is 2.55. The van der Waals surface area contributed by atoms with E-state index in [4.69, 9.17) is 9.15 Å². The Labute approximate surface area is 162 Å². The lowest BCUT2D eigenvalue weighted by molar-refractivity contribution is 0.144. The first-order valence-electron chi connectivity index (χ1n) is 9.84. The van der Waals surface area contributed by atoms with E-state index < -0.39 is 0 Å². The minimum Gasteiger partial charge on any atom is -0.444 e. The fraction of sp³-hybridized carbons (Fsp3) is 0.524. The predicted molar refractivity (Wildman–Crippen MR) is 110 cm³/mol. The summed E-state index contributed by atoms with van der Waals surface area (Å²) in [5.41, 5.74) is 3.16. The zero-order chi connectivity index (χ0) is 19.3. The molecule has 0 aliphatic heterocycles. The Bertz CT molecular complexity index is 680. The van der Waals surface area contributed by atoms with Crippen LogP contribution in [0.2, 0.25) is 0 Å². The number of unbranched alkanes of at least 4 members (excludes halogenated alkanes) is 1. The molecule has 2 rings (SSSR count). The van der Waals surface area contributed by atoms with Gasteiger partial charge in [-0.15, -0.1) is 0 Å². The van der Waals surface area contributed by atoms with Gasteiger partial charge in [0.2, 0.25) is 5.89 Å². The number of aliphatic imine (C=N–C) groups is 1. The van der Waals surface area contributed by atoms with Crippen LogP contribution in [0, 0.1) is 6.92 Å². The zero-order valence-electron chi connectivity index (χ0n) is 16.8. The molecule has 2 aromatic rings. The summed E-state index contributed by atoms with van der Waals surface area (Å²) < 4.78 is 11.0. The van der Waals surface area contributed by atoms with E-state index in [0.29, 0.717) is 5.89 Å². The number of nitrogens with one attached hydrogen (secondary N) is 2. The first kappa shape index (κ1) is 21.0. The van der Waals surface area contributed by atoms with Crippen LogP contribution in [0.3, 0.4) is 0 Å². The topological polar surface area (TPSA) is 71.7 Å². The summed E-state index contributed by atoms with van der Waals surface area (Å²) >= 11 is 0. The van der Waals surface area contributed by atoms with Gasteiger partial charge in [-0.05, 0) is 45.7 Å². The molecule has 1 heterocycles. The molecule has 0 saturated carbocycles. The normalized spacial score (nSPS) is 11.6. The van der Waals surface area contributed by atoms with Crippen LogP contribution in [-0.2, 0) is 11.2 Å². The highest BCUT2D eigenvalue weighted by atomic mass is 16.5. The fourth-order valence-corrected chi connectivity index (χ4v) is 2.55. The van der Waals surface area contributed by atoms with E-state index in [9.17, 15) is 0 Å². The van der Waals surface area contributed by atoms with Crippen molar-refractivity contribution in [3.05, 3.63) is 41.8 Å². The second kappa shape index (κ2) is 12.1. The van der Waals surface area contributed by atoms with E-state index in [1.54, 1.807) is 6.26 Å². The maximum absolute atomic E-state index is 5.61. The number of hydrogen-bond donors (Lipinski definition) is 2. The molecular weight excluding hydrogens is 340 g/mol. The van der Waals surface area contributed by atoms with E-state index >= 15 is 0 Å². The summed E-state index contributed by atoms with van der Waals surface area (Å²) in [6, 6.07) is 8.19.